The van der Waals surface area contributed by atoms with E-state index in [9.17, 15) is 4.79 Å². The second-order valence-electron chi connectivity index (χ2n) is 2.29. The van der Waals surface area contributed by atoms with Crippen molar-refractivity contribution in [3.05, 3.63) is 24.2 Å². The van der Waals surface area contributed by atoms with E-state index in [2.05, 4.69) is 10.4 Å². The smallest absolute Gasteiger partial charge is 0.242 e. The second kappa shape index (κ2) is 2.23. The lowest BCUT2D eigenvalue weighted by Crippen LogP contribution is -2.40. The van der Waals surface area contributed by atoms with Crippen LogP contribution in [0.3, 0.4) is 0 Å². The SMILES string of the molecule is O=C1CC=C2N=CC=CN2N1. The first-order valence-corrected chi connectivity index (χ1v) is 3.36. The van der Waals surface area contributed by atoms with Crippen LogP contribution < -0.4 is 5.43 Å². The Hall–Kier alpha value is -1.58. The number of aliphatic imine (C=N–C) groups is 1. The highest BCUT2D eigenvalue weighted by Crippen LogP contribution is 2.12. The summed E-state index contributed by atoms with van der Waals surface area (Å²) in [5.41, 5.74) is 2.64. The molecule has 0 bridgehead atoms. The Labute approximate surface area is 63.9 Å². The Kier molecular flexibility index (Phi) is 1.25. The summed E-state index contributed by atoms with van der Waals surface area (Å²) < 4.78 is 0. The van der Waals surface area contributed by atoms with Gasteiger partial charge in [0, 0.05) is 12.4 Å². The van der Waals surface area contributed by atoms with Crippen LogP contribution in [0.25, 0.3) is 0 Å². The minimum Gasteiger partial charge on any atom is -0.273 e. The van der Waals surface area contributed by atoms with E-state index in [0.717, 1.165) is 5.82 Å². The topological polar surface area (TPSA) is 44.7 Å². The van der Waals surface area contributed by atoms with E-state index in [0.29, 0.717) is 6.42 Å². The molecule has 1 amide bonds. The first kappa shape index (κ1) is 6.15. The summed E-state index contributed by atoms with van der Waals surface area (Å²) in [5.74, 6) is 0.780. The number of allylic oxidation sites excluding steroid dienone is 1. The van der Waals surface area contributed by atoms with Crippen LogP contribution in [-0.2, 0) is 4.79 Å². The van der Waals surface area contributed by atoms with Gasteiger partial charge in [-0.15, -0.1) is 0 Å². The number of carbonyl (C=O) groups excluding carboxylic acids is 1. The number of amides is 1. The van der Waals surface area contributed by atoms with Crippen molar-refractivity contribution in [3.63, 3.8) is 0 Å². The summed E-state index contributed by atoms with van der Waals surface area (Å²) in [6.45, 7) is 0. The van der Waals surface area contributed by atoms with Gasteiger partial charge < -0.3 is 0 Å². The Bertz CT molecular complexity index is 277. The van der Waals surface area contributed by atoms with Crippen LogP contribution in [0.1, 0.15) is 6.42 Å². The fourth-order valence-corrected chi connectivity index (χ4v) is 0.992. The lowest BCUT2D eigenvalue weighted by Gasteiger charge is -2.25. The lowest BCUT2D eigenvalue weighted by atomic mass is 10.3. The van der Waals surface area contributed by atoms with E-state index in [-0.39, 0.29) is 5.91 Å². The maximum absolute atomic E-state index is 10.8. The van der Waals surface area contributed by atoms with E-state index in [1.807, 2.05) is 0 Å². The van der Waals surface area contributed by atoms with Crippen LogP contribution in [-0.4, -0.2) is 17.1 Å². The van der Waals surface area contributed by atoms with Crippen molar-refractivity contribution in [2.45, 2.75) is 6.42 Å². The van der Waals surface area contributed by atoms with Crippen LogP contribution in [0.2, 0.25) is 0 Å². The molecule has 0 radical (unpaired) electrons. The van der Waals surface area contributed by atoms with Gasteiger partial charge in [-0.25, -0.2) is 10.0 Å². The third-order valence-corrected chi connectivity index (χ3v) is 1.49. The van der Waals surface area contributed by atoms with Gasteiger partial charge in [0.05, 0.1) is 6.42 Å². The van der Waals surface area contributed by atoms with E-state index in [1.54, 1.807) is 29.6 Å². The van der Waals surface area contributed by atoms with Crippen LogP contribution >= 0.6 is 0 Å². The van der Waals surface area contributed by atoms with Crippen molar-refractivity contribution in [2.24, 2.45) is 4.99 Å². The molecule has 2 aliphatic rings. The molecule has 2 heterocycles. The summed E-state index contributed by atoms with van der Waals surface area (Å²) in [5, 5.41) is 1.60. The first-order chi connectivity index (χ1) is 5.36. The fourth-order valence-electron chi connectivity index (χ4n) is 0.992. The molecular weight excluding hydrogens is 142 g/mol. The molecule has 0 spiro atoms. The number of carbonyl (C=O) groups is 1. The van der Waals surface area contributed by atoms with Gasteiger partial charge in [0.25, 0.3) is 0 Å². The minimum absolute atomic E-state index is 0.00417. The zero-order valence-electron chi connectivity index (χ0n) is 5.82. The van der Waals surface area contributed by atoms with Crippen LogP contribution in [0.5, 0.6) is 0 Å². The first-order valence-electron chi connectivity index (χ1n) is 3.36. The summed E-state index contributed by atoms with van der Waals surface area (Å²) in [6.07, 6.45) is 7.43. The maximum Gasteiger partial charge on any atom is 0.242 e. The van der Waals surface area contributed by atoms with Gasteiger partial charge in [-0.1, -0.05) is 0 Å². The van der Waals surface area contributed by atoms with E-state index < -0.39 is 0 Å². The Morgan fingerprint density at radius 1 is 1.64 bits per heavy atom. The average molecular weight is 149 g/mol. The summed E-state index contributed by atoms with van der Waals surface area (Å²) in [7, 11) is 0. The molecule has 0 unspecified atom stereocenters. The van der Waals surface area contributed by atoms with E-state index in [4.69, 9.17) is 0 Å². The number of hydrogen-bond acceptors (Lipinski definition) is 3. The van der Waals surface area contributed by atoms with Gasteiger partial charge in [-0.05, 0) is 12.2 Å². The molecular formula is C7H7N3O. The lowest BCUT2D eigenvalue weighted by molar-refractivity contribution is -0.124. The predicted octanol–water partition coefficient (Wildman–Crippen LogP) is 0.163. The molecule has 0 atom stereocenters. The molecule has 0 fully saturated rings. The number of fused-ring (bicyclic) bond motifs is 1. The minimum atomic E-state index is -0.00417. The molecule has 0 aromatic heterocycles. The monoisotopic (exact) mass is 149 g/mol. The standard InChI is InChI=1S/C7H7N3O/c11-7-3-2-6-8-4-1-5-10(6)9-7/h1-2,4-5H,3H2,(H,9,11). The second-order valence-corrected chi connectivity index (χ2v) is 2.29. The van der Waals surface area contributed by atoms with Gasteiger partial charge in [0.1, 0.15) is 5.82 Å². The Morgan fingerprint density at radius 2 is 2.55 bits per heavy atom. The fraction of sp³-hybridized carbons (Fsp3) is 0.143. The molecule has 56 valence electrons. The predicted molar refractivity (Wildman–Crippen MR) is 40.3 cm³/mol. The number of hydrogen-bond donors (Lipinski definition) is 1. The van der Waals surface area contributed by atoms with Gasteiger partial charge in [-0.3, -0.25) is 10.2 Å². The Morgan fingerprint density at radius 3 is 3.45 bits per heavy atom. The molecule has 11 heavy (non-hydrogen) atoms. The molecule has 0 saturated heterocycles. The van der Waals surface area contributed by atoms with Crippen molar-refractivity contribution >= 4 is 12.1 Å². The van der Waals surface area contributed by atoms with Crippen molar-refractivity contribution < 1.29 is 4.79 Å². The molecule has 0 saturated carbocycles. The number of nitrogens with zero attached hydrogens (tertiary/aromatic N) is 2. The van der Waals surface area contributed by atoms with Crippen LogP contribution in [0.15, 0.2) is 29.2 Å². The third-order valence-electron chi connectivity index (χ3n) is 1.49. The number of nitrogens with one attached hydrogen (secondary N) is 1. The van der Waals surface area contributed by atoms with Crippen molar-refractivity contribution in [1.82, 2.24) is 10.4 Å². The van der Waals surface area contributed by atoms with E-state index in [1.165, 1.54) is 0 Å². The maximum atomic E-state index is 10.8. The molecule has 2 rings (SSSR count). The highest BCUT2D eigenvalue weighted by atomic mass is 16.2. The van der Waals surface area contributed by atoms with E-state index >= 15 is 0 Å². The van der Waals surface area contributed by atoms with Crippen LogP contribution in [0, 0.1) is 0 Å². The summed E-state index contributed by atoms with van der Waals surface area (Å²) in [4.78, 5) is 14.9. The van der Waals surface area contributed by atoms with Gasteiger partial charge in [-0.2, -0.15) is 0 Å². The molecule has 4 nitrogen and oxygen atoms in total. The zero-order chi connectivity index (χ0) is 7.68. The molecule has 0 aliphatic carbocycles. The van der Waals surface area contributed by atoms with Crippen LogP contribution in [0.4, 0.5) is 0 Å². The average Bonchev–Trinajstić information content (AvgIpc) is 2.04. The number of rotatable bonds is 0. The molecule has 0 aromatic carbocycles. The molecule has 2 aliphatic heterocycles. The van der Waals surface area contributed by atoms with Gasteiger partial charge >= 0.3 is 0 Å². The summed E-state index contributed by atoms with van der Waals surface area (Å²) >= 11 is 0. The highest BCUT2D eigenvalue weighted by molar-refractivity contribution is 5.80. The van der Waals surface area contributed by atoms with Crippen molar-refractivity contribution in [1.29, 1.82) is 0 Å². The quantitative estimate of drug-likeness (QED) is 0.533. The molecule has 0 aromatic rings. The van der Waals surface area contributed by atoms with Crippen molar-refractivity contribution in [3.8, 4) is 0 Å². The molecule has 4 heteroatoms. The van der Waals surface area contributed by atoms with Crippen molar-refractivity contribution in [2.75, 3.05) is 0 Å². The molecule has 1 N–H and O–H groups in total. The van der Waals surface area contributed by atoms with Gasteiger partial charge in [0.2, 0.25) is 5.91 Å². The normalized spacial score (nSPS) is 20.9. The highest BCUT2D eigenvalue weighted by Gasteiger charge is 2.15. The zero-order valence-corrected chi connectivity index (χ0v) is 5.82. The number of hydrazine groups is 1. The summed E-state index contributed by atoms with van der Waals surface area (Å²) in [6, 6.07) is 0. The third kappa shape index (κ3) is 1.02. The van der Waals surface area contributed by atoms with Gasteiger partial charge in [0.15, 0.2) is 0 Å². The Balaban J connectivity index is 2.30. The largest absolute Gasteiger partial charge is 0.273 e.